The Kier molecular flexibility index (Phi) is 4.58. The van der Waals surface area contributed by atoms with Gasteiger partial charge in [0.25, 0.3) is 0 Å². The molecule has 5 heteroatoms. The minimum Gasteiger partial charge on any atom is -0.395 e. The number of aromatic nitrogens is 2. The highest BCUT2D eigenvalue weighted by atomic mass is 35.5. The average Bonchev–Trinajstić information content (AvgIpc) is 2.68. The Bertz CT molecular complexity index is 549. The van der Waals surface area contributed by atoms with Gasteiger partial charge in [0.15, 0.2) is 0 Å². The number of hydrogen-bond acceptors (Lipinski definition) is 3. The third kappa shape index (κ3) is 3.15. The van der Waals surface area contributed by atoms with Crippen LogP contribution in [0.15, 0.2) is 24.3 Å². The van der Waals surface area contributed by atoms with Gasteiger partial charge in [-0.2, -0.15) is 5.10 Å². The molecule has 1 heterocycles. The number of nitrogens with zero attached hydrogens (tertiary/aromatic N) is 2. The molecule has 4 nitrogen and oxygen atoms in total. The quantitative estimate of drug-likeness (QED) is 0.825. The molecule has 1 aromatic carbocycles. The predicted octanol–water partition coefficient (Wildman–Crippen LogP) is 2.22. The molecular formula is C14H18ClN3O. The molecule has 0 atom stereocenters. The van der Waals surface area contributed by atoms with E-state index in [2.05, 4.69) is 10.4 Å². The molecule has 0 bridgehead atoms. The average molecular weight is 280 g/mol. The molecule has 102 valence electrons. The molecule has 0 aliphatic rings. The van der Waals surface area contributed by atoms with Crippen LogP contribution in [0, 0.1) is 13.8 Å². The van der Waals surface area contributed by atoms with Crippen LogP contribution >= 0.6 is 11.6 Å². The van der Waals surface area contributed by atoms with Crippen LogP contribution in [-0.4, -0.2) is 28.0 Å². The van der Waals surface area contributed by atoms with Crippen molar-refractivity contribution in [2.24, 2.45) is 0 Å². The Labute approximate surface area is 118 Å². The molecule has 0 saturated carbocycles. The van der Waals surface area contributed by atoms with E-state index in [9.17, 15) is 0 Å². The maximum atomic E-state index is 8.80. The van der Waals surface area contributed by atoms with Crippen LogP contribution in [0.5, 0.6) is 0 Å². The topological polar surface area (TPSA) is 50.1 Å². The summed E-state index contributed by atoms with van der Waals surface area (Å²) in [5, 5.41) is 17.3. The molecule has 0 saturated heterocycles. The lowest BCUT2D eigenvalue weighted by Gasteiger charge is -2.06. The van der Waals surface area contributed by atoms with Gasteiger partial charge in [-0.15, -0.1) is 0 Å². The van der Waals surface area contributed by atoms with Crippen LogP contribution in [0.1, 0.15) is 17.0 Å². The number of hydrogen-bond donors (Lipinski definition) is 2. The first-order valence-corrected chi connectivity index (χ1v) is 6.64. The van der Waals surface area contributed by atoms with Crippen molar-refractivity contribution in [3.05, 3.63) is 46.2 Å². The van der Waals surface area contributed by atoms with Gasteiger partial charge in [-0.05, 0) is 38.1 Å². The van der Waals surface area contributed by atoms with E-state index in [0.29, 0.717) is 13.1 Å². The van der Waals surface area contributed by atoms with Gasteiger partial charge >= 0.3 is 0 Å². The standard InChI is InChI=1S/C14H18ClN3O/c1-10-14(9-16-7-8-19)11(2)18(17-10)13-5-3-12(15)4-6-13/h3-6,16,19H,7-9H2,1-2H3. The van der Waals surface area contributed by atoms with Gasteiger partial charge in [0, 0.05) is 29.4 Å². The number of rotatable bonds is 5. The van der Waals surface area contributed by atoms with Crippen LogP contribution in [0.4, 0.5) is 0 Å². The molecule has 2 aromatic rings. The molecule has 19 heavy (non-hydrogen) atoms. The van der Waals surface area contributed by atoms with Gasteiger partial charge in [0.1, 0.15) is 0 Å². The first-order chi connectivity index (χ1) is 9.13. The molecule has 0 unspecified atom stereocenters. The van der Waals surface area contributed by atoms with Gasteiger partial charge < -0.3 is 10.4 Å². The van der Waals surface area contributed by atoms with Gasteiger partial charge in [-0.25, -0.2) is 4.68 Å². The molecule has 0 spiro atoms. The largest absolute Gasteiger partial charge is 0.395 e. The van der Waals surface area contributed by atoms with Gasteiger partial charge in [-0.1, -0.05) is 11.6 Å². The van der Waals surface area contributed by atoms with Crippen molar-refractivity contribution in [3.63, 3.8) is 0 Å². The van der Waals surface area contributed by atoms with Crippen molar-refractivity contribution in [2.45, 2.75) is 20.4 Å². The minimum absolute atomic E-state index is 0.142. The third-order valence-corrected chi connectivity index (χ3v) is 3.35. The number of benzene rings is 1. The van der Waals surface area contributed by atoms with E-state index in [1.54, 1.807) is 0 Å². The summed E-state index contributed by atoms with van der Waals surface area (Å²) in [6.45, 7) is 5.49. The fraction of sp³-hybridized carbons (Fsp3) is 0.357. The maximum Gasteiger partial charge on any atom is 0.0649 e. The van der Waals surface area contributed by atoms with Crippen molar-refractivity contribution in [3.8, 4) is 5.69 Å². The number of aliphatic hydroxyl groups is 1. The molecule has 2 rings (SSSR count). The Morgan fingerprint density at radius 2 is 1.95 bits per heavy atom. The smallest absolute Gasteiger partial charge is 0.0649 e. The molecular weight excluding hydrogens is 262 g/mol. The number of halogens is 1. The van der Waals surface area contributed by atoms with E-state index >= 15 is 0 Å². The lowest BCUT2D eigenvalue weighted by molar-refractivity contribution is 0.292. The van der Waals surface area contributed by atoms with Gasteiger partial charge in [0.2, 0.25) is 0 Å². The molecule has 0 fully saturated rings. The molecule has 1 aromatic heterocycles. The summed E-state index contributed by atoms with van der Waals surface area (Å²) in [5.74, 6) is 0. The summed E-state index contributed by atoms with van der Waals surface area (Å²) in [6.07, 6.45) is 0. The molecule has 0 amide bonds. The summed E-state index contributed by atoms with van der Waals surface area (Å²) in [5.41, 5.74) is 4.27. The second kappa shape index (κ2) is 6.19. The number of aryl methyl sites for hydroxylation is 1. The second-order valence-corrected chi connectivity index (χ2v) is 4.87. The van der Waals surface area contributed by atoms with E-state index in [4.69, 9.17) is 16.7 Å². The highest BCUT2D eigenvalue weighted by molar-refractivity contribution is 6.30. The van der Waals surface area contributed by atoms with Crippen molar-refractivity contribution < 1.29 is 5.11 Å². The number of aliphatic hydroxyl groups excluding tert-OH is 1. The Hall–Kier alpha value is -1.36. The highest BCUT2D eigenvalue weighted by Crippen LogP contribution is 2.19. The SMILES string of the molecule is Cc1nn(-c2ccc(Cl)cc2)c(C)c1CNCCO. The molecule has 2 N–H and O–H groups in total. The Balaban J connectivity index is 2.27. The summed E-state index contributed by atoms with van der Waals surface area (Å²) in [6, 6.07) is 7.62. The Morgan fingerprint density at radius 3 is 2.58 bits per heavy atom. The lowest BCUT2D eigenvalue weighted by Crippen LogP contribution is -2.18. The van der Waals surface area contributed by atoms with Crippen LogP contribution in [0.25, 0.3) is 5.69 Å². The third-order valence-electron chi connectivity index (χ3n) is 3.10. The fourth-order valence-electron chi connectivity index (χ4n) is 2.06. The first-order valence-electron chi connectivity index (χ1n) is 6.26. The first kappa shape index (κ1) is 14.1. The van der Waals surface area contributed by atoms with Crippen molar-refractivity contribution in [1.29, 1.82) is 0 Å². The maximum absolute atomic E-state index is 8.80. The normalized spacial score (nSPS) is 10.9. The zero-order chi connectivity index (χ0) is 13.8. The van der Waals surface area contributed by atoms with Crippen molar-refractivity contribution >= 4 is 11.6 Å². The summed E-state index contributed by atoms with van der Waals surface area (Å²) >= 11 is 5.90. The lowest BCUT2D eigenvalue weighted by atomic mass is 10.2. The van der Waals surface area contributed by atoms with Crippen molar-refractivity contribution in [2.75, 3.05) is 13.2 Å². The van der Waals surface area contributed by atoms with E-state index in [1.165, 1.54) is 5.56 Å². The molecule has 0 aliphatic carbocycles. The van der Waals surface area contributed by atoms with Crippen LogP contribution < -0.4 is 5.32 Å². The Morgan fingerprint density at radius 1 is 1.26 bits per heavy atom. The number of nitrogens with one attached hydrogen (secondary N) is 1. The van der Waals surface area contributed by atoms with Crippen LogP contribution in [0.2, 0.25) is 5.02 Å². The van der Waals surface area contributed by atoms with E-state index in [1.807, 2.05) is 42.8 Å². The van der Waals surface area contributed by atoms with Crippen molar-refractivity contribution in [1.82, 2.24) is 15.1 Å². The zero-order valence-electron chi connectivity index (χ0n) is 11.2. The summed E-state index contributed by atoms with van der Waals surface area (Å²) in [4.78, 5) is 0. The van der Waals surface area contributed by atoms with E-state index in [-0.39, 0.29) is 6.61 Å². The molecule has 0 aliphatic heterocycles. The van der Waals surface area contributed by atoms with Crippen LogP contribution in [-0.2, 0) is 6.54 Å². The zero-order valence-corrected chi connectivity index (χ0v) is 11.9. The van der Waals surface area contributed by atoms with Crippen LogP contribution in [0.3, 0.4) is 0 Å². The fourth-order valence-corrected chi connectivity index (χ4v) is 2.18. The van der Waals surface area contributed by atoms with E-state index in [0.717, 1.165) is 22.1 Å². The summed E-state index contributed by atoms with van der Waals surface area (Å²) in [7, 11) is 0. The highest BCUT2D eigenvalue weighted by Gasteiger charge is 2.12. The van der Waals surface area contributed by atoms with Gasteiger partial charge in [-0.3, -0.25) is 0 Å². The van der Waals surface area contributed by atoms with Gasteiger partial charge in [0.05, 0.1) is 18.0 Å². The summed E-state index contributed by atoms with van der Waals surface area (Å²) < 4.78 is 1.92. The predicted molar refractivity (Wildman–Crippen MR) is 76.8 cm³/mol. The molecule has 0 radical (unpaired) electrons. The van der Waals surface area contributed by atoms with E-state index < -0.39 is 0 Å². The second-order valence-electron chi connectivity index (χ2n) is 4.44. The minimum atomic E-state index is 0.142. The monoisotopic (exact) mass is 279 g/mol.